The zero-order chi connectivity index (χ0) is 20.7. The van der Waals surface area contributed by atoms with Crippen molar-refractivity contribution in [3.8, 4) is 0 Å². The third kappa shape index (κ3) is 6.89. The van der Waals surface area contributed by atoms with E-state index in [2.05, 4.69) is 20.1 Å². The molecule has 0 saturated carbocycles. The molecule has 0 radical (unpaired) electrons. The SMILES string of the molecule is CS(=O)(=O)Nc1ccc(/C=C/C(=O)NCc2cccc(Cn3cncn3)c2)cc1. The van der Waals surface area contributed by atoms with E-state index in [9.17, 15) is 13.2 Å². The summed E-state index contributed by atoms with van der Waals surface area (Å²) in [5.41, 5.74) is 3.31. The summed E-state index contributed by atoms with van der Waals surface area (Å²) in [6.07, 6.45) is 7.35. The largest absolute Gasteiger partial charge is 0.348 e. The fourth-order valence-electron chi connectivity index (χ4n) is 2.64. The highest BCUT2D eigenvalue weighted by Crippen LogP contribution is 2.12. The van der Waals surface area contributed by atoms with E-state index in [0.29, 0.717) is 18.8 Å². The normalized spacial score (nSPS) is 11.5. The summed E-state index contributed by atoms with van der Waals surface area (Å²) in [5.74, 6) is -0.218. The van der Waals surface area contributed by atoms with Gasteiger partial charge in [-0.05, 0) is 34.9 Å². The summed E-state index contributed by atoms with van der Waals surface area (Å²) in [4.78, 5) is 16.0. The second kappa shape index (κ2) is 9.16. The van der Waals surface area contributed by atoms with Gasteiger partial charge >= 0.3 is 0 Å². The van der Waals surface area contributed by atoms with Crippen LogP contribution in [0.25, 0.3) is 6.08 Å². The molecule has 0 aliphatic heterocycles. The fraction of sp³-hybridized carbons (Fsp3) is 0.150. The van der Waals surface area contributed by atoms with E-state index in [-0.39, 0.29) is 5.91 Å². The second-order valence-electron chi connectivity index (χ2n) is 6.46. The lowest BCUT2D eigenvalue weighted by Gasteiger charge is -2.06. The number of nitrogens with zero attached hydrogens (tertiary/aromatic N) is 3. The van der Waals surface area contributed by atoms with Gasteiger partial charge in [-0.3, -0.25) is 9.52 Å². The van der Waals surface area contributed by atoms with E-state index in [1.807, 2.05) is 24.3 Å². The Morgan fingerprint density at radius 3 is 2.59 bits per heavy atom. The Bertz CT molecular complexity index is 1090. The van der Waals surface area contributed by atoms with Gasteiger partial charge in [0.05, 0.1) is 12.8 Å². The quantitative estimate of drug-likeness (QED) is 0.552. The molecule has 150 valence electrons. The Morgan fingerprint density at radius 1 is 1.14 bits per heavy atom. The lowest BCUT2D eigenvalue weighted by molar-refractivity contribution is -0.116. The van der Waals surface area contributed by atoms with Crippen molar-refractivity contribution in [3.63, 3.8) is 0 Å². The van der Waals surface area contributed by atoms with Crippen LogP contribution in [0.15, 0.2) is 67.3 Å². The van der Waals surface area contributed by atoms with Crippen LogP contribution >= 0.6 is 0 Å². The topological polar surface area (TPSA) is 106 Å². The molecule has 0 fully saturated rings. The minimum absolute atomic E-state index is 0.218. The fourth-order valence-corrected chi connectivity index (χ4v) is 3.20. The van der Waals surface area contributed by atoms with Crippen molar-refractivity contribution in [2.24, 2.45) is 0 Å². The molecular formula is C20H21N5O3S. The number of rotatable bonds is 8. The minimum atomic E-state index is -3.31. The first kappa shape index (κ1) is 20.3. The van der Waals surface area contributed by atoms with Gasteiger partial charge in [0.2, 0.25) is 15.9 Å². The first-order valence-electron chi connectivity index (χ1n) is 8.81. The van der Waals surface area contributed by atoms with Crippen molar-refractivity contribution in [1.82, 2.24) is 20.1 Å². The van der Waals surface area contributed by atoms with Gasteiger partial charge in [-0.1, -0.05) is 36.4 Å². The van der Waals surface area contributed by atoms with E-state index in [1.165, 1.54) is 12.4 Å². The lowest BCUT2D eigenvalue weighted by Crippen LogP contribution is -2.20. The molecule has 0 aliphatic rings. The maximum absolute atomic E-state index is 12.1. The maximum atomic E-state index is 12.1. The number of carbonyl (C=O) groups excluding carboxylic acids is 1. The lowest BCUT2D eigenvalue weighted by atomic mass is 10.1. The highest BCUT2D eigenvalue weighted by molar-refractivity contribution is 7.92. The summed E-state index contributed by atoms with van der Waals surface area (Å²) in [5, 5.41) is 6.93. The molecule has 3 aromatic rings. The van der Waals surface area contributed by atoms with Crippen LogP contribution in [0, 0.1) is 0 Å². The monoisotopic (exact) mass is 411 g/mol. The molecule has 1 amide bonds. The molecule has 0 aliphatic carbocycles. The van der Waals surface area contributed by atoms with Crippen LogP contribution in [0.5, 0.6) is 0 Å². The number of amides is 1. The number of carbonyl (C=O) groups is 1. The Morgan fingerprint density at radius 2 is 1.90 bits per heavy atom. The average Bonchev–Trinajstić information content (AvgIpc) is 3.18. The molecule has 9 heteroatoms. The van der Waals surface area contributed by atoms with Crippen molar-refractivity contribution in [2.75, 3.05) is 11.0 Å². The number of aromatic nitrogens is 3. The van der Waals surface area contributed by atoms with Gasteiger partial charge in [-0.2, -0.15) is 5.10 Å². The molecule has 0 saturated heterocycles. The van der Waals surface area contributed by atoms with Gasteiger partial charge in [0.1, 0.15) is 12.7 Å². The average molecular weight is 411 g/mol. The highest BCUT2D eigenvalue weighted by Gasteiger charge is 2.02. The molecule has 3 rings (SSSR count). The number of hydrogen-bond donors (Lipinski definition) is 2. The Hall–Kier alpha value is -3.46. The van der Waals surface area contributed by atoms with Crippen LogP contribution in [0.4, 0.5) is 5.69 Å². The van der Waals surface area contributed by atoms with E-state index >= 15 is 0 Å². The number of nitrogens with one attached hydrogen (secondary N) is 2. The van der Waals surface area contributed by atoms with Crippen LogP contribution in [-0.2, 0) is 27.9 Å². The number of sulfonamides is 1. The molecule has 29 heavy (non-hydrogen) atoms. The van der Waals surface area contributed by atoms with E-state index in [4.69, 9.17) is 0 Å². The molecule has 2 aromatic carbocycles. The predicted molar refractivity (Wildman–Crippen MR) is 111 cm³/mol. The number of hydrogen-bond acceptors (Lipinski definition) is 5. The van der Waals surface area contributed by atoms with Gasteiger partial charge in [-0.25, -0.2) is 18.1 Å². The zero-order valence-corrected chi connectivity index (χ0v) is 16.6. The third-order valence-corrected chi connectivity index (χ3v) is 4.52. The second-order valence-corrected chi connectivity index (χ2v) is 8.21. The van der Waals surface area contributed by atoms with Gasteiger partial charge in [-0.15, -0.1) is 0 Å². The van der Waals surface area contributed by atoms with Gasteiger partial charge < -0.3 is 5.32 Å². The van der Waals surface area contributed by atoms with Crippen LogP contribution < -0.4 is 10.0 Å². The van der Waals surface area contributed by atoms with Crippen molar-refractivity contribution in [1.29, 1.82) is 0 Å². The van der Waals surface area contributed by atoms with Gasteiger partial charge in [0.15, 0.2) is 0 Å². The van der Waals surface area contributed by atoms with Crippen LogP contribution in [-0.4, -0.2) is 35.3 Å². The number of anilines is 1. The van der Waals surface area contributed by atoms with E-state index < -0.39 is 10.0 Å². The molecule has 0 bridgehead atoms. The minimum Gasteiger partial charge on any atom is -0.348 e. The summed E-state index contributed by atoms with van der Waals surface area (Å²) in [6.45, 7) is 1.03. The van der Waals surface area contributed by atoms with Crippen LogP contribution in [0.3, 0.4) is 0 Å². The maximum Gasteiger partial charge on any atom is 0.244 e. The summed E-state index contributed by atoms with van der Waals surface area (Å²) < 4.78 is 26.5. The molecule has 1 aromatic heterocycles. The Labute approximate surface area is 169 Å². The summed E-state index contributed by atoms with van der Waals surface area (Å²) in [7, 11) is -3.31. The predicted octanol–water partition coefficient (Wildman–Crippen LogP) is 2.03. The molecule has 8 nitrogen and oxygen atoms in total. The first-order chi connectivity index (χ1) is 13.9. The first-order valence-corrected chi connectivity index (χ1v) is 10.7. The molecule has 0 spiro atoms. The highest BCUT2D eigenvalue weighted by atomic mass is 32.2. The molecule has 0 atom stereocenters. The molecule has 2 N–H and O–H groups in total. The van der Waals surface area contributed by atoms with E-state index in [1.54, 1.807) is 41.4 Å². The summed E-state index contributed by atoms with van der Waals surface area (Å²) in [6, 6.07) is 14.6. The van der Waals surface area contributed by atoms with Gasteiger partial charge in [0, 0.05) is 18.3 Å². The molecule has 1 heterocycles. The van der Waals surface area contributed by atoms with Crippen molar-refractivity contribution in [3.05, 3.63) is 84.0 Å². The molecule has 0 unspecified atom stereocenters. The third-order valence-electron chi connectivity index (χ3n) is 3.91. The Balaban J connectivity index is 1.52. The van der Waals surface area contributed by atoms with Crippen LogP contribution in [0.2, 0.25) is 0 Å². The van der Waals surface area contributed by atoms with E-state index in [0.717, 1.165) is 22.9 Å². The van der Waals surface area contributed by atoms with Crippen LogP contribution in [0.1, 0.15) is 16.7 Å². The smallest absolute Gasteiger partial charge is 0.244 e. The summed E-state index contributed by atoms with van der Waals surface area (Å²) >= 11 is 0. The van der Waals surface area contributed by atoms with Crippen molar-refractivity contribution in [2.45, 2.75) is 13.1 Å². The van der Waals surface area contributed by atoms with Gasteiger partial charge in [0.25, 0.3) is 0 Å². The Kier molecular flexibility index (Phi) is 6.40. The van der Waals surface area contributed by atoms with Crippen molar-refractivity contribution >= 4 is 27.7 Å². The molecular weight excluding hydrogens is 390 g/mol. The standard InChI is InChI=1S/C20H21N5O3S/c1-29(27,28)24-19-8-5-16(6-9-19)7-10-20(26)22-12-17-3-2-4-18(11-17)13-25-15-21-14-23-25/h2-11,14-15,24H,12-13H2,1H3,(H,22,26)/b10-7+. The zero-order valence-electron chi connectivity index (χ0n) is 15.8. The number of benzene rings is 2. The van der Waals surface area contributed by atoms with Crippen molar-refractivity contribution < 1.29 is 13.2 Å².